The van der Waals surface area contributed by atoms with Gasteiger partial charge in [-0.25, -0.2) is 0 Å². The largest absolute Gasteiger partial charge is 0.492 e. The topological polar surface area (TPSA) is 67.2 Å². The number of nitrogens with one attached hydrogen (secondary N) is 1. The molecule has 0 bridgehead atoms. The lowest BCUT2D eigenvalue weighted by Crippen LogP contribution is -2.34. The van der Waals surface area contributed by atoms with E-state index in [-0.39, 0.29) is 17.7 Å². The van der Waals surface area contributed by atoms with Crippen molar-refractivity contribution in [3.8, 4) is 5.88 Å². The van der Waals surface area contributed by atoms with Gasteiger partial charge in [-0.3, -0.25) is 4.79 Å². The number of aryl methyl sites for hydroxylation is 1. The van der Waals surface area contributed by atoms with Crippen molar-refractivity contribution in [2.75, 3.05) is 6.54 Å². The fraction of sp³-hybridized carbons (Fsp3) is 0.535. The zero-order valence-corrected chi connectivity index (χ0v) is 30.3. The lowest BCUT2D eigenvalue weighted by molar-refractivity contribution is -0.123. The van der Waals surface area contributed by atoms with Crippen molar-refractivity contribution in [3.63, 3.8) is 0 Å². The molecule has 5 nitrogen and oxygen atoms in total. The second-order valence-electron chi connectivity index (χ2n) is 13.9. The quantitative estimate of drug-likeness (QED) is 0.161. The van der Waals surface area contributed by atoms with Gasteiger partial charge in [-0.05, 0) is 79.2 Å². The van der Waals surface area contributed by atoms with Gasteiger partial charge in [0, 0.05) is 19.5 Å². The van der Waals surface area contributed by atoms with Gasteiger partial charge in [-0.1, -0.05) is 139 Å². The third-order valence-electron chi connectivity index (χ3n) is 10.3. The Kier molecular flexibility index (Phi) is 15.1. The fourth-order valence-corrected chi connectivity index (χ4v) is 7.59. The minimum absolute atomic E-state index is 0.110. The van der Waals surface area contributed by atoms with Crippen molar-refractivity contribution in [1.82, 2.24) is 14.9 Å². The first-order valence-corrected chi connectivity index (χ1v) is 19.0. The normalized spacial score (nSPS) is 16.3. The molecule has 2 aliphatic rings. The maximum Gasteiger partial charge on any atom is 0.237 e. The highest BCUT2D eigenvalue weighted by molar-refractivity contribution is 5.84. The highest BCUT2D eigenvalue weighted by Gasteiger charge is 2.32. The summed E-state index contributed by atoms with van der Waals surface area (Å²) in [5.74, 6) is 2.13. The predicted octanol–water partition coefficient (Wildman–Crippen LogP) is 10.6. The van der Waals surface area contributed by atoms with Crippen LogP contribution < -0.4 is 5.32 Å². The average molecular weight is 652 g/mol. The van der Waals surface area contributed by atoms with Gasteiger partial charge in [-0.15, -0.1) is 0 Å². The zero-order valence-electron chi connectivity index (χ0n) is 30.3. The van der Waals surface area contributed by atoms with E-state index in [2.05, 4.69) is 77.8 Å². The second-order valence-corrected chi connectivity index (χ2v) is 13.9. The third kappa shape index (κ3) is 10.4. The number of hydrogen-bond acceptors (Lipinski definition) is 3. The Morgan fingerprint density at radius 2 is 1.62 bits per heavy atom. The molecule has 5 heteroatoms. The summed E-state index contributed by atoms with van der Waals surface area (Å²) < 4.78 is 2.20. The number of carbonyl (C=O) groups is 1. The van der Waals surface area contributed by atoms with Gasteiger partial charge < -0.3 is 15.0 Å². The Morgan fingerprint density at radius 1 is 0.958 bits per heavy atom. The summed E-state index contributed by atoms with van der Waals surface area (Å²) in [6, 6.07) is 19.0. The molecule has 0 radical (unpaired) electrons. The van der Waals surface area contributed by atoms with Crippen LogP contribution in [0.1, 0.15) is 139 Å². The van der Waals surface area contributed by atoms with Crippen molar-refractivity contribution in [2.24, 2.45) is 11.8 Å². The lowest BCUT2D eigenvalue weighted by atomic mass is 9.83. The highest BCUT2D eigenvalue weighted by Crippen LogP contribution is 2.38. The van der Waals surface area contributed by atoms with Crippen LogP contribution >= 0.6 is 0 Å². The first-order chi connectivity index (χ1) is 23.4. The summed E-state index contributed by atoms with van der Waals surface area (Å²) in [7, 11) is 0. The van der Waals surface area contributed by atoms with Gasteiger partial charge in [0.1, 0.15) is 11.5 Å². The molecule has 0 aliphatic heterocycles. The Labute approximate surface area is 291 Å². The summed E-state index contributed by atoms with van der Waals surface area (Å²) in [6.45, 7) is 13.9. The third-order valence-corrected chi connectivity index (χ3v) is 10.3. The summed E-state index contributed by atoms with van der Waals surface area (Å²) in [4.78, 5) is 18.3. The molecule has 2 aliphatic carbocycles. The van der Waals surface area contributed by atoms with Crippen LogP contribution in [0.15, 0.2) is 72.3 Å². The van der Waals surface area contributed by atoms with Gasteiger partial charge in [0.25, 0.3) is 0 Å². The van der Waals surface area contributed by atoms with E-state index in [1.165, 1.54) is 56.1 Å². The number of allylic oxidation sites excluding steroid dienone is 2. The summed E-state index contributed by atoms with van der Waals surface area (Å²) in [6.07, 6.45) is 18.0. The maximum absolute atomic E-state index is 13.6. The number of benzene rings is 2. The molecule has 5 rings (SSSR count). The van der Waals surface area contributed by atoms with E-state index in [1.54, 1.807) is 0 Å². The van der Waals surface area contributed by atoms with Gasteiger partial charge in [0.15, 0.2) is 0 Å². The number of hydrogen-bond donors (Lipinski definition) is 2. The van der Waals surface area contributed by atoms with Crippen molar-refractivity contribution in [3.05, 3.63) is 101 Å². The number of amides is 1. The zero-order chi connectivity index (χ0) is 34.3. The molecule has 1 amide bonds. The number of carbonyl (C=O) groups excluding carboxylic acids is 1. The van der Waals surface area contributed by atoms with Crippen LogP contribution in [0.2, 0.25) is 0 Å². The van der Waals surface area contributed by atoms with Crippen LogP contribution in [-0.4, -0.2) is 27.1 Å². The maximum atomic E-state index is 13.6. The number of imidazole rings is 1. The van der Waals surface area contributed by atoms with E-state index in [9.17, 15) is 9.90 Å². The molecule has 2 N–H and O–H groups in total. The molecule has 48 heavy (non-hydrogen) atoms. The van der Waals surface area contributed by atoms with Gasteiger partial charge in [-0.2, -0.15) is 4.98 Å². The van der Waals surface area contributed by atoms with Crippen LogP contribution in [0, 0.1) is 11.8 Å². The van der Waals surface area contributed by atoms with Crippen LogP contribution in [-0.2, 0) is 24.2 Å². The second kappa shape index (κ2) is 19.4. The summed E-state index contributed by atoms with van der Waals surface area (Å²) in [5.41, 5.74) is 6.56. The van der Waals surface area contributed by atoms with Crippen molar-refractivity contribution >= 4 is 12.0 Å². The molecule has 260 valence electrons. The van der Waals surface area contributed by atoms with E-state index in [1.807, 2.05) is 32.0 Å². The minimum atomic E-state index is -0.124. The Bertz CT molecular complexity index is 1440. The number of unbranched alkanes of at least 4 members (excludes halogenated alkanes) is 1. The van der Waals surface area contributed by atoms with E-state index in [0.717, 1.165) is 73.2 Å². The molecular formula is C43H61N3O2. The smallest absolute Gasteiger partial charge is 0.237 e. The monoisotopic (exact) mass is 651 g/mol. The van der Waals surface area contributed by atoms with Gasteiger partial charge in [0.05, 0.1) is 5.92 Å². The summed E-state index contributed by atoms with van der Waals surface area (Å²) in [5, 5.41) is 14.4. The number of aromatic hydroxyl groups is 1. The van der Waals surface area contributed by atoms with E-state index >= 15 is 0 Å². The summed E-state index contributed by atoms with van der Waals surface area (Å²) >= 11 is 0. The molecule has 0 saturated heterocycles. The first-order valence-electron chi connectivity index (χ1n) is 19.0. The molecule has 2 saturated carbocycles. The molecule has 0 spiro atoms. The lowest BCUT2D eigenvalue weighted by Gasteiger charge is -2.24. The Morgan fingerprint density at radius 3 is 2.27 bits per heavy atom. The molecule has 2 fully saturated rings. The van der Waals surface area contributed by atoms with E-state index in [0.29, 0.717) is 24.9 Å². The number of rotatable bonds is 15. The SMILES string of the molecule is C=C(C)/C(=C/c1c(O)nc(CCCC)n1Cc1ccc(C(C(=O)NCCc2ccccc2)C2CCCC2)cc1)CC1CCCCC1.CC. The molecule has 2 aromatic carbocycles. The number of nitrogens with zero attached hydrogens (tertiary/aromatic N) is 2. The van der Waals surface area contributed by atoms with Crippen molar-refractivity contribution in [1.29, 1.82) is 0 Å². The number of aromatic nitrogens is 2. The highest BCUT2D eigenvalue weighted by atomic mass is 16.3. The Hall–Kier alpha value is -3.60. The van der Waals surface area contributed by atoms with Crippen LogP contribution in [0.4, 0.5) is 0 Å². The van der Waals surface area contributed by atoms with E-state index < -0.39 is 0 Å². The molecule has 1 atom stereocenters. The minimum Gasteiger partial charge on any atom is -0.492 e. The van der Waals surface area contributed by atoms with Crippen molar-refractivity contribution in [2.45, 2.75) is 130 Å². The van der Waals surface area contributed by atoms with Gasteiger partial charge in [0.2, 0.25) is 11.8 Å². The van der Waals surface area contributed by atoms with Crippen LogP contribution in [0.5, 0.6) is 5.88 Å². The Balaban J connectivity index is 0.00000255. The van der Waals surface area contributed by atoms with Crippen LogP contribution in [0.3, 0.4) is 0 Å². The fourth-order valence-electron chi connectivity index (χ4n) is 7.59. The molecule has 1 aromatic heterocycles. The van der Waals surface area contributed by atoms with Crippen molar-refractivity contribution < 1.29 is 9.90 Å². The predicted molar refractivity (Wildman–Crippen MR) is 201 cm³/mol. The average Bonchev–Trinajstić information content (AvgIpc) is 3.74. The van der Waals surface area contributed by atoms with Gasteiger partial charge >= 0.3 is 0 Å². The first kappa shape index (κ1) is 37.2. The molecular weight excluding hydrogens is 590 g/mol. The standard InChI is InChI=1S/C41H55N3O2.C2H6/c1-4-5-20-38-43-40(45)37(28-36(30(2)3)27-32-16-10-7-11-17-32)44(38)29-33-21-23-35(24-22-33)39(34-18-12-13-19-34)41(46)42-26-25-31-14-8-6-9-15-31;1-2/h6,8-9,14-15,21-24,28,32,34,39,45H,2,4-5,7,10-13,16-20,25-27,29H2,1,3H3,(H,42,46);1-2H3/b36-28+;. The van der Waals surface area contributed by atoms with E-state index in [4.69, 9.17) is 0 Å². The molecule has 3 aromatic rings. The molecule has 1 heterocycles. The van der Waals surface area contributed by atoms with Crippen LogP contribution in [0.25, 0.3) is 6.08 Å². The molecule has 1 unspecified atom stereocenters.